The Morgan fingerprint density at radius 3 is 2.83 bits per heavy atom. The lowest BCUT2D eigenvalue weighted by molar-refractivity contribution is 0.613. The molecule has 0 aliphatic heterocycles. The standard InChI is InChI=1S/C9H14N2S/c1-7-11-8(6-12-7)9(2-3-9)4-5-10/h6H,2-5,10H2,1H3. The zero-order valence-electron chi connectivity index (χ0n) is 7.34. The second kappa shape index (κ2) is 2.82. The first-order valence-corrected chi connectivity index (χ1v) is 5.27. The largest absolute Gasteiger partial charge is 0.330 e. The summed E-state index contributed by atoms with van der Waals surface area (Å²) in [6.07, 6.45) is 3.68. The topological polar surface area (TPSA) is 38.9 Å². The lowest BCUT2D eigenvalue weighted by atomic mass is 9.99. The number of aromatic nitrogens is 1. The van der Waals surface area contributed by atoms with Gasteiger partial charge >= 0.3 is 0 Å². The smallest absolute Gasteiger partial charge is 0.0897 e. The maximum Gasteiger partial charge on any atom is 0.0897 e. The molecule has 0 aromatic carbocycles. The van der Waals surface area contributed by atoms with Crippen LogP contribution in [0.25, 0.3) is 0 Å². The van der Waals surface area contributed by atoms with Crippen molar-refractivity contribution >= 4 is 11.3 Å². The van der Waals surface area contributed by atoms with Crippen LogP contribution in [0.15, 0.2) is 5.38 Å². The van der Waals surface area contributed by atoms with Crippen LogP contribution in [0.5, 0.6) is 0 Å². The predicted molar refractivity (Wildman–Crippen MR) is 51.4 cm³/mol. The van der Waals surface area contributed by atoms with Gasteiger partial charge in [-0.2, -0.15) is 0 Å². The molecule has 2 N–H and O–H groups in total. The molecule has 0 spiro atoms. The lowest BCUT2D eigenvalue weighted by Gasteiger charge is -2.09. The van der Waals surface area contributed by atoms with Crippen LogP contribution >= 0.6 is 11.3 Å². The number of nitrogens with two attached hydrogens (primary N) is 1. The van der Waals surface area contributed by atoms with Gasteiger partial charge in [-0.25, -0.2) is 4.98 Å². The molecule has 1 aromatic heterocycles. The fourth-order valence-electron chi connectivity index (χ4n) is 1.67. The van der Waals surface area contributed by atoms with Crippen LogP contribution in [0.2, 0.25) is 0 Å². The van der Waals surface area contributed by atoms with Crippen molar-refractivity contribution in [1.82, 2.24) is 4.98 Å². The minimum absolute atomic E-state index is 0.388. The number of aryl methyl sites for hydroxylation is 1. The van der Waals surface area contributed by atoms with Gasteiger partial charge in [0.2, 0.25) is 0 Å². The highest BCUT2D eigenvalue weighted by Gasteiger charge is 2.44. The lowest BCUT2D eigenvalue weighted by Crippen LogP contribution is -2.13. The first-order chi connectivity index (χ1) is 5.77. The van der Waals surface area contributed by atoms with Crippen molar-refractivity contribution in [3.63, 3.8) is 0 Å². The predicted octanol–water partition coefficient (Wildman–Crippen LogP) is 1.83. The van der Waals surface area contributed by atoms with E-state index in [1.807, 2.05) is 0 Å². The highest BCUT2D eigenvalue weighted by atomic mass is 32.1. The molecule has 1 aliphatic carbocycles. The summed E-state index contributed by atoms with van der Waals surface area (Å²) in [6.45, 7) is 2.85. The number of rotatable bonds is 3. The van der Waals surface area contributed by atoms with Crippen molar-refractivity contribution in [2.45, 2.75) is 31.6 Å². The Kier molecular flexibility index (Phi) is 1.93. The second-order valence-electron chi connectivity index (χ2n) is 3.57. The van der Waals surface area contributed by atoms with E-state index in [1.165, 1.54) is 23.5 Å². The molecule has 0 amide bonds. The Labute approximate surface area is 76.8 Å². The second-order valence-corrected chi connectivity index (χ2v) is 4.63. The minimum atomic E-state index is 0.388. The van der Waals surface area contributed by atoms with Crippen molar-refractivity contribution in [3.8, 4) is 0 Å². The molecule has 12 heavy (non-hydrogen) atoms. The molecule has 0 unspecified atom stereocenters. The fourth-order valence-corrected chi connectivity index (χ4v) is 2.40. The summed E-state index contributed by atoms with van der Waals surface area (Å²) in [5.74, 6) is 0. The summed E-state index contributed by atoms with van der Waals surface area (Å²) in [5.41, 5.74) is 7.25. The quantitative estimate of drug-likeness (QED) is 0.774. The Bertz CT molecular complexity index is 276. The van der Waals surface area contributed by atoms with Gasteiger partial charge in [-0.15, -0.1) is 11.3 Å². The molecule has 3 heteroatoms. The highest BCUT2D eigenvalue weighted by molar-refractivity contribution is 7.09. The van der Waals surface area contributed by atoms with Crippen molar-refractivity contribution in [2.24, 2.45) is 5.73 Å². The van der Waals surface area contributed by atoms with Gasteiger partial charge in [0.15, 0.2) is 0 Å². The van der Waals surface area contributed by atoms with E-state index in [0.717, 1.165) is 13.0 Å². The van der Waals surface area contributed by atoms with E-state index in [9.17, 15) is 0 Å². The van der Waals surface area contributed by atoms with E-state index in [0.29, 0.717) is 5.41 Å². The number of nitrogens with zero attached hydrogens (tertiary/aromatic N) is 1. The third-order valence-electron chi connectivity index (χ3n) is 2.64. The van der Waals surface area contributed by atoms with Gasteiger partial charge in [0.1, 0.15) is 0 Å². The van der Waals surface area contributed by atoms with Gasteiger partial charge in [0, 0.05) is 10.8 Å². The molecule has 1 saturated carbocycles. The van der Waals surface area contributed by atoms with E-state index in [4.69, 9.17) is 5.73 Å². The van der Waals surface area contributed by atoms with Crippen molar-refractivity contribution in [2.75, 3.05) is 6.54 Å². The summed E-state index contributed by atoms with van der Waals surface area (Å²) < 4.78 is 0. The first-order valence-electron chi connectivity index (χ1n) is 4.39. The molecular formula is C9H14N2S. The van der Waals surface area contributed by atoms with Gasteiger partial charge in [0.05, 0.1) is 10.7 Å². The van der Waals surface area contributed by atoms with Crippen LogP contribution in [0, 0.1) is 6.92 Å². The first kappa shape index (κ1) is 8.20. The van der Waals surface area contributed by atoms with E-state index in [2.05, 4.69) is 17.3 Å². The molecule has 2 nitrogen and oxygen atoms in total. The molecule has 1 aliphatic rings. The molecule has 0 atom stereocenters. The van der Waals surface area contributed by atoms with Crippen molar-refractivity contribution in [3.05, 3.63) is 16.1 Å². The van der Waals surface area contributed by atoms with Crippen LogP contribution in [0.4, 0.5) is 0 Å². The Morgan fingerprint density at radius 2 is 2.42 bits per heavy atom. The zero-order chi connectivity index (χ0) is 8.60. The van der Waals surface area contributed by atoms with Crippen LogP contribution in [0.1, 0.15) is 30.0 Å². The fraction of sp³-hybridized carbons (Fsp3) is 0.667. The summed E-state index contributed by atoms with van der Waals surface area (Å²) in [4.78, 5) is 4.53. The van der Waals surface area contributed by atoms with E-state index in [-0.39, 0.29) is 0 Å². The summed E-state index contributed by atoms with van der Waals surface area (Å²) in [5, 5.41) is 3.37. The molecule has 1 aromatic rings. The van der Waals surface area contributed by atoms with Gasteiger partial charge in [-0.3, -0.25) is 0 Å². The van der Waals surface area contributed by atoms with E-state index >= 15 is 0 Å². The highest BCUT2D eigenvalue weighted by Crippen LogP contribution is 2.50. The molecule has 66 valence electrons. The third-order valence-corrected chi connectivity index (χ3v) is 3.41. The monoisotopic (exact) mass is 182 g/mol. The zero-order valence-corrected chi connectivity index (χ0v) is 8.16. The van der Waals surface area contributed by atoms with E-state index < -0.39 is 0 Å². The third kappa shape index (κ3) is 1.27. The molecule has 1 heterocycles. The summed E-state index contributed by atoms with van der Waals surface area (Å²) in [7, 11) is 0. The summed E-state index contributed by atoms with van der Waals surface area (Å²) >= 11 is 1.75. The van der Waals surface area contributed by atoms with Gasteiger partial charge in [-0.1, -0.05) is 0 Å². The van der Waals surface area contributed by atoms with Gasteiger partial charge < -0.3 is 5.73 Å². The molecule has 1 fully saturated rings. The number of hydrogen-bond acceptors (Lipinski definition) is 3. The molecule has 2 rings (SSSR count). The summed E-state index contributed by atoms with van der Waals surface area (Å²) in [6, 6.07) is 0. The average Bonchev–Trinajstić information content (AvgIpc) is 2.69. The Hall–Kier alpha value is -0.410. The molecule has 0 radical (unpaired) electrons. The van der Waals surface area contributed by atoms with Crippen LogP contribution in [0.3, 0.4) is 0 Å². The number of hydrogen-bond donors (Lipinski definition) is 1. The number of thiazole rings is 1. The maximum absolute atomic E-state index is 5.57. The molecule has 0 bridgehead atoms. The maximum atomic E-state index is 5.57. The van der Waals surface area contributed by atoms with Gasteiger partial charge in [-0.05, 0) is 32.7 Å². The molecular weight excluding hydrogens is 168 g/mol. The van der Waals surface area contributed by atoms with Crippen molar-refractivity contribution < 1.29 is 0 Å². The normalized spacial score (nSPS) is 19.5. The van der Waals surface area contributed by atoms with Gasteiger partial charge in [0.25, 0.3) is 0 Å². The van der Waals surface area contributed by atoms with Crippen molar-refractivity contribution in [1.29, 1.82) is 0 Å². The Morgan fingerprint density at radius 1 is 1.67 bits per heavy atom. The van der Waals surface area contributed by atoms with Crippen LogP contribution in [-0.4, -0.2) is 11.5 Å². The van der Waals surface area contributed by atoms with Crippen LogP contribution in [-0.2, 0) is 5.41 Å². The Balaban J connectivity index is 2.18. The SMILES string of the molecule is Cc1nc(C2(CCN)CC2)cs1. The molecule has 0 saturated heterocycles. The average molecular weight is 182 g/mol. The van der Waals surface area contributed by atoms with E-state index in [1.54, 1.807) is 11.3 Å². The van der Waals surface area contributed by atoms with Crippen LogP contribution < -0.4 is 5.73 Å². The minimum Gasteiger partial charge on any atom is -0.330 e.